The van der Waals surface area contributed by atoms with Crippen molar-refractivity contribution < 1.29 is 14.5 Å². The molecule has 8 heteroatoms. The molecule has 136 valence electrons. The van der Waals surface area contributed by atoms with Gasteiger partial charge in [0.15, 0.2) is 0 Å². The maximum atomic E-state index is 11.1. The van der Waals surface area contributed by atoms with Gasteiger partial charge < -0.3 is 10.0 Å². The third kappa shape index (κ3) is 3.14. The Morgan fingerprint density at radius 2 is 2.15 bits per heavy atom. The van der Waals surface area contributed by atoms with E-state index in [-0.39, 0.29) is 10.5 Å². The highest BCUT2D eigenvalue weighted by atomic mass is 16.4. The summed E-state index contributed by atoms with van der Waals surface area (Å²) in [5.41, 5.74) is 2.43. The number of pyridine rings is 1. The van der Waals surface area contributed by atoms with Gasteiger partial charge in [0, 0.05) is 42.9 Å². The minimum absolute atomic E-state index is 0.106. The molecule has 1 amide bonds. The van der Waals surface area contributed by atoms with Gasteiger partial charge in [0.05, 0.1) is 12.4 Å². The molecule has 1 fully saturated rings. The van der Waals surface area contributed by atoms with Gasteiger partial charge >= 0.3 is 11.9 Å². The Hall–Kier alpha value is -3.28. The van der Waals surface area contributed by atoms with E-state index in [9.17, 15) is 4.79 Å². The molecule has 8 nitrogen and oxygen atoms in total. The van der Waals surface area contributed by atoms with Crippen LogP contribution in [0.25, 0.3) is 0 Å². The van der Waals surface area contributed by atoms with Crippen LogP contribution in [0.15, 0.2) is 58.3 Å². The maximum Gasteiger partial charge on any atom is 0.407 e. The van der Waals surface area contributed by atoms with Crippen LogP contribution in [0, 0.1) is 17.8 Å². The van der Waals surface area contributed by atoms with E-state index in [2.05, 4.69) is 21.8 Å². The van der Waals surface area contributed by atoms with E-state index in [0.717, 1.165) is 17.0 Å². The van der Waals surface area contributed by atoms with Gasteiger partial charge in [0.2, 0.25) is 5.70 Å². The molecule has 4 rings (SSSR count). The molecule has 3 N–H and O–H groups in total. The average Bonchev–Trinajstić information content (AvgIpc) is 2.99. The number of carbonyl (C=O) groups is 1. The Labute approximate surface area is 156 Å². The zero-order chi connectivity index (χ0) is 18.9. The van der Waals surface area contributed by atoms with Gasteiger partial charge in [0.25, 0.3) is 0 Å². The summed E-state index contributed by atoms with van der Waals surface area (Å²) in [6.07, 6.45) is 9.03. The van der Waals surface area contributed by atoms with E-state index in [1.807, 2.05) is 12.1 Å². The molecule has 0 aliphatic carbocycles. The van der Waals surface area contributed by atoms with Crippen molar-refractivity contribution in [1.29, 1.82) is 0 Å². The van der Waals surface area contributed by atoms with Crippen LogP contribution < -0.4 is 5.84 Å². The number of hydrogen-bond donors (Lipinski definition) is 2. The maximum absolute atomic E-state index is 11.1. The lowest BCUT2D eigenvalue weighted by Crippen LogP contribution is -2.52. The number of piperidine rings is 1. The summed E-state index contributed by atoms with van der Waals surface area (Å²) in [7, 11) is 0. The summed E-state index contributed by atoms with van der Waals surface area (Å²) in [6.45, 7) is 0.973. The normalized spacial score (nSPS) is 24.3. The molecule has 3 aliphatic rings. The second kappa shape index (κ2) is 6.79. The predicted molar refractivity (Wildman–Crippen MR) is 100.0 cm³/mol. The van der Waals surface area contributed by atoms with E-state index in [4.69, 9.17) is 15.9 Å². The van der Waals surface area contributed by atoms with Gasteiger partial charge in [-0.1, -0.05) is 5.92 Å². The van der Waals surface area contributed by atoms with E-state index in [1.165, 1.54) is 4.90 Å². The second-order valence-electron chi connectivity index (χ2n) is 6.60. The van der Waals surface area contributed by atoms with Crippen LogP contribution >= 0.6 is 0 Å². The number of allylic oxidation sites excluding steroid dienone is 2. The molecular formula is C19H19N6O2+. The standard InChI is InChI=1S/C19H18N6O2/c20-25-11-8-22-13-16(25)18(15-5-9-24(10-6-15)19(26)27)23-17(25)4-3-14-2-1-7-21-12-14/h1-2,7-8,11-13,15H,5-6,9-10,20H2/p+1. The van der Waals surface area contributed by atoms with Crippen LogP contribution in [-0.4, -0.2) is 50.8 Å². The lowest BCUT2D eigenvalue weighted by atomic mass is 9.92. The van der Waals surface area contributed by atoms with Gasteiger partial charge in [0.1, 0.15) is 11.9 Å². The molecular weight excluding hydrogens is 344 g/mol. The van der Waals surface area contributed by atoms with Gasteiger partial charge in [-0.2, -0.15) is 10.8 Å². The van der Waals surface area contributed by atoms with Crippen LogP contribution in [0.4, 0.5) is 4.79 Å². The van der Waals surface area contributed by atoms with Crippen molar-refractivity contribution in [2.75, 3.05) is 13.1 Å². The second-order valence-corrected chi connectivity index (χ2v) is 6.60. The molecule has 1 aromatic rings. The molecule has 1 saturated heterocycles. The summed E-state index contributed by atoms with van der Waals surface area (Å²) in [6, 6.07) is 3.70. The molecule has 1 atom stereocenters. The fraction of sp³-hybridized carbons (Fsp3) is 0.263. The highest BCUT2D eigenvalue weighted by Gasteiger charge is 2.45. The molecule has 0 radical (unpaired) electrons. The largest absolute Gasteiger partial charge is 0.465 e. The van der Waals surface area contributed by atoms with Gasteiger partial charge in [-0.3, -0.25) is 9.98 Å². The number of nitrogens with two attached hydrogens (primary N) is 1. The van der Waals surface area contributed by atoms with Crippen molar-refractivity contribution in [1.82, 2.24) is 9.88 Å². The van der Waals surface area contributed by atoms with E-state index in [1.54, 1.807) is 31.0 Å². The number of nitrogens with zero attached hydrogens (tertiary/aromatic N) is 5. The van der Waals surface area contributed by atoms with Gasteiger partial charge in [-0.25, -0.2) is 4.79 Å². The Morgan fingerprint density at radius 1 is 1.33 bits per heavy atom. The zero-order valence-electron chi connectivity index (χ0n) is 14.6. The highest BCUT2D eigenvalue weighted by molar-refractivity contribution is 6.00. The Bertz CT molecular complexity index is 945. The number of amidine groups is 1. The summed E-state index contributed by atoms with van der Waals surface area (Å²) in [4.78, 5) is 25.6. The van der Waals surface area contributed by atoms with E-state index in [0.29, 0.717) is 31.8 Å². The fourth-order valence-corrected chi connectivity index (χ4v) is 3.46. The zero-order valence-corrected chi connectivity index (χ0v) is 14.6. The first-order chi connectivity index (χ1) is 13.1. The molecule has 1 unspecified atom stereocenters. The van der Waals surface area contributed by atoms with Crippen molar-refractivity contribution in [3.05, 3.63) is 53.9 Å². The fourth-order valence-electron chi connectivity index (χ4n) is 3.46. The van der Waals surface area contributed by atoms with Crippen molar-refractivity contribution in [2.45, 2.75) is 12.8 Å². The van der Waals surface area contributed by atoms with Crippen LogP contribution in [0.1, 0.15) is 18.4 Å². The SMILES string of the molecule is N[N+]12C=CN=CC1=C(C1CCN(C(=O)O)CC1)N=C2C#Cc1cccnc1. The Morgan fingerprint density at radius 3 is 2.85 bits per heavy atom. The first-order valence-corrected chi connectivity index (χ1v) is 8.70. The number of carboxylic acid groups (broad SMARTS) is 1. The summed E-state index contributed by atoms with van der Waals surface area (Å²) in [5.74, 6) is 13.4. The number of likely N-dealkylation sites (tertiary alicyclic amines) is 1. The Balaban J connectivity index is 1.64. The van der Waals surface area contributed by atoms with E-state index < -0.39 is 6.09 Å². The van der Waals surface area contributed by atoms with Crippen molar-refractivity contribution >= 4 is 18.1 Å². The molecule has 3 aliphatic heterocycles. The first-order valence-electron chi connectivity index (χ1n) is 8.70. The molecule has 27 heavy (non-hydrogen) atoms. The number of fused-ring (bicyclic) bond motifs is 1. The predicted octanol–water partition coefficient (Wildman–Crippen LogP) is 1.69. The number of amides is 1. The smallest absolute Gasteiger partial charge is 0.407 e. The average molecular weight is 363 g/mol. The van der Waals surface area contributed by atoms with Gasteiger partial charge in [-0.15, -0.1) is 4.59 Å². The first kappa shape index (κ1) is 17.1. The lowest BCUT2D eigenvalue weighted by Gasteiger charge is -2.30. The molecule has 0 spiro atoms. The number of hydrogen-bond acceptors (Lipinski definition) is 5. The molecule has 0 saturated carbocycles. The van der Waals surface area contributed by atoms with Crippen LogP contribution in [-0.2, 0) is 0 Å². The third-order valence-corrected chi connectivity index (χ3v) is 4.95. The van der Waals surface area contributed by atoms with Crippen LogP contribution in [0.2, 0.25) is 0 Å². The van der Waals surface area contributed by atoms with Crippen molar-refractivity contribution in [3.63, 3.8) is 0 Å². The molecule has 0 bridgehead atoms. The van der Waals surface area contributed by atoms with Crippen molar-refractivity contribution in [3.8, 4) is 11.8 Å². The minimum atomic E-state index is -0.879. The number of aliphatic imine (C=N–C) groups is 2. The molecule has 4 heterocycles. The molecule has 0 aromatic carbocycles. The third-order valence-electron chi connectivity index (χ3n) is 4.95. The lowest BCUT2D eigenvalue weighted by molar-refractivity contribution is -0.749. The molecule has 1 aromatic heterocycles. The van der Waals surface area contributed by atoms with Crippen molar-refractivity contribution in [2.24, 2.45) is 21.7 Å². The minimum Gasteiger partial charge on any atom is -0.465 e. The van der Waals surface area contributed by atoms with E-state index >= 15 is 0 Å². The van der Waals surface area contributed by atoms with Crippen LogP contribution in [0.3, 0.4) is 0 Å². The quantitative estimate of drug-likeness (QED) is 0.450. The summed E-state index contributed by atoms with van der Waals surface area (Å²) >= 11 is 0. The summed E-state index contributed by atoms with van der Waals surface area (Å²) in [5, 5.41) is 9.15. The number of quaternary nitrogens is 1. The highest BCUT2D eigenvalue weighted by Crippen LogP contribution is 2.36. The Kier molecular flexibility index (Phi) is 4.32. The number of rotatable bonds is 1. The topological polar surface area (TPSA) is 104 Å². The monoisotopic (exact) mass is 363 g/mol. The summed E-state index contributed by atoms with van der Waals surface area (Å²) < 4.78 is -0.106. The van der Waals surface area contributed by atoms with Gasteiger partial charge in [-0.05, 0) is 25.0 Å². The van der Waals surface area contributed by atoms with Crippen LogP contribution in [0.5, 0.6) is 0 Å². The number of aromatic nitrogens is 1.